The highest BCUT2D eigenvalue weighted by Gasteiger charge is 2.35. The Balaban J connectivity index is 0.00000243. The van der Waals surface area contributed by atoms with Gasteiger partial charge in [-0.25, -0.2) is 0 Å². The number of carboxylic acid groups (broad SMARTS) is 1. The number of nitrogens with zero attached hydrogens (tertiary/aromatic N) is 1. The number of carboxylic acids is 1. The summed E-state index contributed by atoms with van der Waals surface area (Å²) in [6.07, 6.45) is 7.32. The molecule has 1 aromatic rings. The molecule has 1 amide bonds. The molecule has 2 N–H and O–H groups in total. The van der Waals surface area contributed by atoms with E-state index < -0.39 is 12.0 Å². The van der Waals surface area contributed by atoms with Gasteiger partial charge in [0.1, 0.15) is 6.04 Å². The Bertz CT molecular complexity index is 602. The van der Waals surface area contributed by atoms with E-state index in [1.165, 1.54) is 24.8 Å². The Hall–Kier alpha value is -1.59. The second kappa shape index (κ2) is 9.38. The topological polar surface area (TPSA) is 69.6 Å². The van der Waals surface area contributed by atoms with E-state index in [0.717, 1.165) is 19.3 Å². The lowest BCUT2D eigenvalue weighted by molar-refractivity contribution is -0.142. The number of benzene rings is 1. The van der Waals surface area contributed by atoms with E-state index in [1.807, 2.05) is 6.07 Å². The number of aliphatic carboxylic acids is 1. The van der Waals surface area contributed by atoms with Crippen molar-refractivity contribution >= 4 is 24.3 Å². The van der Waals surface area contributed by atoms with E-state index in [1.54, 1.807) is 4.90 Å². The molecule has 0 unspecified atom stereocenters. The summed E-state index contributed by atoms with van der Waals surface area (Å²) >= 11 is 0. The summed E-state index contributed by atoms with van der Waals surface area (Å²) in [5, 5.41) is 12.4. The third-order valence-electron chi connectivity index (χ3n) is 5.82. The van der Waals surface area contributed by atoms with Crippen molar-refractivity contribution in [1.29, 1.82) is 0 Å². The third kappa shape index (κ3) is 4.77. The van der Waals surface area contributed by atoms with Crippen LogP contribution in [-0.2, 0) is 15.0 Å². The molecule has 1 atom stereocenters. The first-order chi connectivity index (χ1) is 12.1. The van der Waals surface area contributed by atoms with Crippen molar-refractivity contribution in [3.8, 4) is 0 Å². The van der Waals surface area contributed by atoms with Crippen molar-refractivity contribution in [3.63, 3.8) is 0 Å². The molecule has 1 saturated heterocycles. The molecule has 0 bridgehead atoms. The van der Waals surface area contributed by atoms with Crippen molar-refractivity contribution in [2.24, 2.45) is 0 Å². The van der Waals surface area contributed by atoms with Crippen LogP contribution in [0.5, 0.6) is 0 Å². The molecule has 144 valence electrons. The maximum Gasteiger partial charge on any atom is 0.320 e. The van der Waals surface area contributed by atoms with E-state index in [2.05, 4.69) is 29.6 Å². The minimum atomic E-state index is -0.821. The van der Waals surface area contributed by atoms with Gasteiger partial charge >= 0.3 is 5.97 Å². The van der Waals surface area contributed by atoms with Crippen molar-refractivity contribution < 1.29 is 14.7 Å². The largest absolute Gasteiger partial charge is 0.480 e. The van der Waals surface area contributed by atoms with Gasteiger partial charge in [0.15, 0.2) is 0 Å². The highest BCUT2D eigenvalue weighted by atomic mass is 35.5. The molecule has 1 aliphatic carbocycles. The number of hydrogen-bond acceptors (Lipinski definition) is 3. The minimum Gasteiger partial charge on any atom is -0.480 e. The van der Waals surface area contributed by atoms with Gasteiger partial charge in [0.2, 0.25) is 5.91 Å². The van der Waals surface area contributed by atoms with Crippen LogP contribution < -0.4 is 5.32 Å². The molecule has 1 aromatic carbocycles. The van der Waals surface area contributed by atoms with Gasteiger partial charge in [-0.2, -0.15) is 0 Å². The zero-order valence-corrected chi connectivity index (χ0v) is 16.0. The molecule has 6 heteroatoms. The van der Waals surface area contributed by atoms with Crippen LogP contribution in [0.25, 0.3) is 0 Å². The Morgan fingerprint density at radius 1 is 1.12 bits per heavy atom. The van der Waals surface area contributed by atoms with Crippen LogP contribution in [0.4, 0.5) is 0 Å². The standard InChI is InChI=1S/C20H28N2O3.ClH/c23-18(14-22-13-7-10-17(22)19(24)25)21-15-20(11-5-2-6-12-20)16-8-3-1-4-9-16;/h1,3-4,8-9,17H,2,5-7,10-15H2,(H,21,23)(H,24,25);1H/t17-;/m1./s1. The van der Waals surface area contributed by atoms with Crippen LogP contribution in [-0.4, -0.2) is 47.6 Å². The van der Waals surface area contributed by atoms with Gasteiger partial charge in [0.25, 0.3) is 0 Å². The fourth-order valence-corrected chi connectivity index (χ4v) is 4.39. The fraction of sp³-hybridized carbons (Fsp3) is 0.600. The summed E-state index contributed by atoms with van der Waals surface area (Å²) in [5.74, 6) is -0.882. The van der Waals surface area contributed by atoms with Gasteiger partial charge in [0, 0.05) is 12.0 Å². The Kier molecular flexibility index (Phi) is 7.47. The number of hydrogen-bond donors (Lipinski definition) is 2. The molecule has 0 aromatic heterocycles. The highest BCUT2D eigenvalue weighted by Crippen LogP contribution is 2.38. The van der Waals surface area contributed by atoms with Crippen LogP contribution in [0.1, 0.15) is 50.5 Å². The van der Waals surface area contributed by atoms with Crippen molar-refractivity contribution in [2.75, 3.05) is 19.6 Å². The van der Waals surface area contributed by atoms with E-state index in [4.69, 9.17) is 0 Å². The number of halogens is 1. The van der Waals surface area contributed by atoms with Crippen molar-refractivity contribution in [2.45, 2.75) is 56.4 Å². The lowest BCUT2D eigenvalue weighted by Crippen LogP contribution is -2.47. The van der Waals surface area contributed by atoms with Gasteiger partial charge in [-0.15, -0.1) is 12.4 Å². The van der Waals surface area contributed by atoms with Crippen molar-refractivity contribution in [1.82, 2.24) is 10.2 Å². The third-order valence-corrected chi connectivity index (χ3v) is 5.82. The Morgan fingerprint density at radius 3 is 2.46 bits per heavy atom. The summed E-state index contributed by atoms with van der Waals surface area (Å²) < 4.78 is 0. The smallest absolute Gasteiger partial charge is 0.320 e. The van der Waals surface area contributed by atoms with Gasteiger partial charge in [0.05, 0.1) is 6.54 Å². The lowest BCUT2D eigenvalue weighted by atomic mass is 9.69. The average Bonchev–Trinajstić information content (AvgIpc) is 3.10. The van der Waals surface area contributed by atoms with Gasteiger partial charge in [-0.1, -0.05) is 49.6 Å². The molecule has 1 saturated carbocycles. The number of rotatable bonds is 6. The van der Waals surface area contributed by atoms with E-state index >= 15 is 0 Å². The molecule has 0 radical (unpaired) electrons. The predicted molar refractivity (Wildman–Crippen MR) is 104 cm³/mol. The molecular weight excluding hydrogens is 352 g/mol. The van der Waals surface area contributed by atoms with Crippen LogP contribution in [0.15, 0.2) is 30.3 Å². The quantitative estimate of drug-likeness (QED) is 0.796. The molecule has 1 heterocycles. The summed E-state index contributed by atoms with van der Waals surface area (Å²) in [5.41, 5.74) is 1.33. The molecule has 1 aliphatic heterocycles. The first kappa shape index (κ1) is 20.7. The molecule has 26 heavy (non-hydrogen) atoms. The van der Waals surface area contributed by atoms with Crippen LogP contribution in [0.3, 0.4) is 0 Å². The lowest BCUT2D eigenvalue weighted by Gasteiger charge is -2.38. The maximum atomic E-state index is 12.4. The molecule has 0 spiro atoms. The van der Waals surface area contributed by atoms with Crippen LogP contribution in [0, 0.1) is 0 Å². The van der Waals surface area contributed by atoms with Gasteiger partial charge < -0.3 is 10.4 Å². The van der Waals surface area contributed by atoms with E-state index in [0.29, 0.717) is 19.5 Å². The SMILES string of the molecule is Cl.O=C(CN1CCC[C@@H]1C(=O)O)NCC1(c2ccccc2)CCCCC1. The normalized spacial score (nSPS) is 22.4. The summed E-state index contributed by atoms with van der Waals surface area (Å²) in [6.45, 7) is 1.51. The molecule has 2 aliphatic rings. The Morgan fingerprint density at radius 2 is 1.81 bits per heavy atom. The zero-order chi connectivity index (χ0) is 17.7. The second-order valence-electron chi connectivity index (χ2n) is 7.45. The van der Waals surface area contributed by atoms with Crippen molar-refractivity contribution in [3.05, 3.63) is 35.9 Å². The number of likely N-dealkylation sites (tertiary alicyclic amines) is 1. The van der Waals surface area contributed by atoms with E-state index in [9.17, 15) is 14.7 Å². The first-order valence-electron chi connectivity index (χ1n) is 9.40. The van der Waals surface area contributed by atoms with Gasteiger partial charge in [-0.05, 0) is 37.8 Å². The first-order valence-corrected chi connectivity index (χ1v) is 9.40. The molecule has 5 nitrogen and oxygen atoms in total. The fourth-order valence-electron chi connectivity index (χ4n) is 4.39. The molecular formula is C20H29ClN2O3. The maximum absolute atomic E-state index is 12.4. The summed E-state index contributed by atoms with van der Waals surface area (Å²) in [6, 6.07) is 9.97. The monoisotopic (exact) mass is 380 g/mol. The number of carbonyl (C=O) groups excluding carboxylic acids is 1. The number of nitrogens with one attached hydrogen (secondary N) is 1. The molecule has 3 rings (SSSR count). The van der Waals surface area contributed by atoms with E-state index in [-0.39, 0.29) is 30.3 Å². The van der Waals surface area contributed by atoms with Crippen LogP contribution in [0.2, 0.25) is 0 Å². The van der Waals surface area contributed by atoms with Crippen LogP contribution >= 0.6 is 12.4 Å². The Labute approximate surface area is 161 Å². The number of carbonyl (C=O) groups is 2. The highest BCUT2D eigenvalue weighted by molar-refractivity contribution is 5.85. The zero-order valence-electron chi connectivity index (χ0n) is 15.2. The summed E-state index contributed by atoms with van der Waals surface area (Å²) in [4.78, 5) is 25.5. The predicted octanol–water partition coefficient (Wildman–Crippen LogP) is 2.98. The average molecular weight is 381 g/mol. The second-order valence-corrected chi connectivity index (χ2v) is 7.45. The number of amides is 1. The summed E-state index contributed by atoms with van der Waals surface area (Å²) in [7, 11) is 0. The minimum absolute atomic E-state index is 0. The molecule has 2 fully saturated rings. The van der Waals surface area contributed by atoms with Gasteiger partial charge in [-0.3, -0.25) is 14.5 Å².